The molecule has 0 aliphatic carbocycles. The van der Waals surface area contributed by atoms with Crippen LogP contribution in [0.1, 0.15) is 21.5 Å². The van der Waals surface area contributed by atoms with Gasteiger partial charge in [-0.25, -0.2) is 4.98 Å². The van der Waals surface area contributed by atoms with E-state index >= 15 is 0 Å². The minimum Gasteiger partial charge on any atom is -0.348 e. The molecule has 0 saturated heterocycles. The Kier molecular flexibility index (Phi) is 3.53. The molecule has 0 aliphatic rings. The first-order valence-electron chi connectivity index (χ1n) is 6.44. The quantitative estimate of drug-likeness (QED) is 0.804. The number of rotatable bonds is 3. The lowest BCUT2D eigenvalue weighted by Gasteiger charge is -2.05. The summed E-state index contributed by atoms with van der Waals surface area (Å²) >= 11 is 1.35. The van der Waals surface area contributed by atoms with Crippen molar-refractivity contribution in [1.29, 1.82) is 0 Å². The number of benzene rings is 1. The first kappa shape index (κ1) is 13.5. The Hall–Kier alpha value is -2.47. The topological polar surface area (TPSA) is 63.5 Å². The summed E-state index contributed by atoms with van der Waals surface area (Å²) in [5, 5.41) is 4.51. The predicted octanol–water partition coefficient (Wildman–Crippen LogP) is 1.99. The fourth-order valence-corrected chi connectivity index (χ4v) is 2.64. The highest BCUT2D eigenvalue weighted by Gasteiger charge is 2.13. The molecular weight excluding hydrogens is 286 g/mol. The van der Waals surface area contributed by atoms with Crippen LogP contribution in [-0.2, 0) is 6.54 Å². The van der Waals surface area contributed by atoms with Gasteiger partial charge in [-0.05, 0) is 12.5 Å². The summed E-state index contributed by atoms with van der Waals surface area (Å²) in [7, 11) is 0. The SMILES string of the molecule is Cc1ccc(CNC(=O)c2cnc3sccn3c2=O)cc1. The zero-order valence-electron chi connectivity index (χ0n) is 11.4. The van der Waals surface area contributed by atoms with Gasteiger partial charge < -0.3 is 5.32 Å². The summed E-state index contributed by atoms with van der Waals surface area (Å²) < 4.78 is 1.38. The van der Waals surface area contributed by atoms with Crippen molar-refractivity contribution in [2.45, 2.75) is 13.5 Å². The molecule has 2 aromatic heterocycles. The highest BCUT2D eigenvalue weighted by Crippen LogP contribution is 2.06. The molecule has 1 aromatic carbocycles. The zero-order valence-corrected chi connectivity index (χ0v) is 12.2. The van der Waals surface area contributed by atoms with Gasteiger partial charge in [-0.2, -0.15) is 0 Å². The van der Waals surface area contributed by atoms with E-state index in [9.17, 15) is 9.59 Å². The van der Waals surface area contributed by atoms with Crippen LogP contribution in [0.15, 0.2) is 46.8 Å². The number of fused-ring (bicyclic) bond motifs is 1. The van der Waals surface area contributed by atoms with Crippen LogP contribution in [-0.4, -0.2) is 15.3 Å². The van der Waals surface area contributed by atoms with E-state index in [4.69, 9.17) is 0 Å². The molecule has 106 valence electrons. The third-order valence-electron chi connectivity index (χ3n) is 3.16. The fraction of sp³-hybridized carbons (Fsp3) is 0.133. The third kappa shape index (κ3) is 2.71. The van der Waals surface area contributed by atoms with Crippen molar-refractivity contribution < 1.29 is 4.79 Å². The maximum atomic E-state index is 12.2. The first-order valence-corrected chi connectivity index (χ1v) is 7.32. The number of carbonyl (C=O) groups excluding carboxylic acids is 1. The Balaban J connectivity index is 1.79. The summed E-state index contributed by atoms with van der Waals surface area (Å²) in [6.07, 6.45) is 2.95. The molecule has 21 heavy (non-hydrogen) atoms. The van der Waals surface area contributed by atoms with Crippen LogP contribution in [0.4, 0.5) is 0 Å². The van der Waals surface area contributed by atoms with Crippen molar-refractivity contribution in [2.24, 2.45) is 0 Å². The Morgan fingerprint density at radius 1 is 1.33 bits per heavy atom. The monoisotopic (exact) mass is 299 g/mol. The van der Waals surface area contributed by atoms with E-state index < -0.39 is 5.91 Å². The Labute approximate surface area is 124 Å². The molecule has 6 heteroatoms. The average Bonchev–Trinajstić information content (AvgIpc) is 2.96. The second-order valence-corrected chi connectivity index (χ2v) is 5.57. The Morgan fingerprint density at radius 3 is 2.86 bits per heavy atom. The Bertz CT molecular complexity index is 849. The van der Waals surface area contributed by atoms with Gasteiger partial charge in [-0.15, -0.1) is 11.3 Å². The number of thiazole rings is 1. The van der Waals surface area contributed by atoms with E-state index in [1.807, 2.05) is 31.2 Å². The van der Waals surface area contributed by atoms with Crippen LogP contribution in [0, 0.1) is 6.92 Å². The van der Waals surface area contributed by atoms with Gasteiger partial charge in [-0.3, -0.25) is 14.0 Å². The number of nitrogens with one attached hydrogen (secondary N) is 1. The summed E-state index contributed by atoms with van der Waals surface area (Å²) in [4.78, 5) is 29.0. The minimum absolute atomic E-state index is 0.0537. The molecule has 0 saturated carbocycles. The first-order chi connectivity index (χ1) is 10.1. The minimum atomic E-state index is -0.409. The van der Waals surface area contributed by atoms with Gasteiger partial charge in [0.2, 0.25) is 0 Å². The van der Waals surface area contributed by atoms with Crippen LogP contribution in [0.3, 0.4) is 0 Å². The van der Waals surface area contributed by atoms with Crippen molar-refractivity contribution in [2.75, 3.05) is 0 Å². The lowest BCUT2D eigenvalue weighted by molar-refractivity contribution is 0.0949. The molecule has 0 radical (unpaired) electrons. The standard InChI is InChI=1S/C15H13N3O2S/c1-10-2-4-11(5-3-10)8-16-13(19)12-9-17-15-18(14(12)20)6-7-21-15/h2-7,9H,8H2,1H3,(H,16,19). The van der Waals surface area contributed by atoms with Crippen molar-refractivity contribution in [3.8, 4) is 0 Å². The van der Waals surface area contributed by atoms with Gasteiger partial charge in [-0.1, -0.05) is 29.8 Å². The second-order valence-electron chi connectivity index (χ2n) is 4.70. The molecule has 1 amide bonds. The zero-order chi connectivity index (χ0) is 14.8. The van der Waals surface area contributed by atoms with Gasteiger partial charge in [0.1, 0.15) is 5.56 Å². The number of amides is 1. The highest BCUT2D eigenvalue weighted by atomic mass is 32.1. The maximum absolute atomic E-state index is 12.2. The van der Waals surface area contributed by atoms with E-state index in [0.29, 0.717) is 11.5 Å². The van der Waals surface area contributed by atoms with Crippen molar-refractivity contribution in [3.05, 3.63) is 69.1 Å². The van der Waals surface area contributed by atoms with Gasteiger partial charge in [0.05, 0.1) is 0 Å². The molecule has 0 bridgehead atoms. The molecule has 3 rings (SSSR count). The predicted molar refractivity (Wildman–Crippen MR) is 81.7 cm³/mol. The van der Waals surface area contributed by atoms with Crippen LogP contribution in [0.25, 0.3) is 4.96 Å². The number of nitrogens with zero attached hydrogens (tertiary/aromatic N) is 2. The molecule has 2 heterocycles. The summed E-state index contributed by atoms with van der Waals surface area (Å²) in [6, 6.07) is 7.86. The van der Waals surface area contributed by atoms with Crippen molar-refractivity contribution in [3.63, 3.8) is 0 Å². The lowest BCUT2D eigenvalue weighted by Crippen LogP contribution is -2.30. The van der Waals surface area contributed by atoms with E-state index in [0.717, 1.165) is 11.1 Å². The van der Waals surface area contributed by atoms with Crippen LogP contribution < -0.4 is 10.9 Å². The van der Waals surface area contributed by atoms with E-state index in [1.54, 1.807) is 11.6 Å². The lowest BCUT2D eigenvalue weighted by atomic mass is 10.1. The summed E-state index contributed by atoms with van der Waals surface area (Å²) in [5.74, 6) is -0.409. The van der Waals surface area contributed by atoms with E-state index in [-0.39, 0.29) is 11.1 Å². The molecule has 3 aromatic rings. The van der Waals surface area contributed by atoms with Crippen molar-refractivity contribution >= 4 is 22.2 Å². The number of carbonyl (C=O) groups is 1. The molecule has 0 aliphatic heterocycles. The largest absolute Gasteiger partial charge is 0.348 e. The van der Waals surface area contributed by atoms with Crippen molar-refractivity contribution in [1.82, 2.24) is 14.7 Å². The maximum Gasteiger partial charge on any atom is 0.271 e. The highest BCUT2D eigenvalue weighted by molar-refractivity contribution is 7.15. The van der Waals surface area contributed by atoms with Crippen LogP contribution in [0.2, 0.25) is 0 Å². The molecule has 0 fully saturated rings. The fourth-order valence-electron chi connectivity index (χ4n) is 1.96. The van der Waals surface area contributed by atoms with Gasteiger partial charge in [0.25, 0.3) is 11.5 Å². The van der Waals surface area contributed by atoms with Gasteiger partial charge >= 0.3 is 0 Å². The molecule has 5 nitrogen and oxygen atoms in total. The van der Waals surface area contributed by atoms with E-state index in [1.165, 1.54) is 21.9 Å². The number of hydrogen-bond donors (Lipinski definition) is 1. The average molecular weight is 299 g/mol. The van der Waals surface area contributed by atoms with Gasteiger partial charge in [0, 0.05) is 24.3 Å². The third-order valence-corrected chi connectivity index (χ3v) is 3.93. The number of hydrogen-bond acceptors (Lipinski definition) is 4. The summed E-state index contributed by atoms with van der Waals surface area (Å²) in [6.45, 7) is 2.38. The van der Waals surface area contributed by atoms with E-state index in [2.05, 4.69) is 10.3 Å². The molecule has 0 atom stereocenters. The molecule has 0 spiro atoms. The molecular formula is C15H13N3O2S. The second kappa shape index (κ2) is 5.49. The summed E-state index contributed by atoms with van der Waals surface area (Å²) in [5.41, 5.74) is 1.86. The van der Waals surface area contributed by atoms with Gasteiger partial charge in [0.15, 0.2) is 4.96 Å². The number of aryl methyl sites for hydroxylation is 1. The molecule has 0 unspecified atom stereocenters. The van der Waals surface area contributed by atoms with Crippen LogP contribution in [0.5, 0.6) is 0 Å². The molecule has 1 N–H and O–H groups in total. The van der Waals surface area contributed by atoms with Crippen LogP contribution >= 0.6 is 11.3 Å². The smallest absolute Gasteiger partial charge is 0.271 e. The Morgan fingerprint density at radius 2 is 2.10 bits per heavy atom. The number of aromatic nitrogens is 2. The normalized spacial score (nSPS) is 10.7.